The zero-order valence-electron chi connectivity index (χ0n) is 26.7. The first kappa shape index (κ1) is 30.2. The number of pyridine rings is 1. The highest BCUT2D eigenvalue weighted by molar-refractivity contribution is 6.00. The number of nitrogens with zero attached hydrogens (tertiary/aromatic N) is 5. The number of rotatable bonds is 3. The number of carbonyl (C=O) groups is 1. The molecule has 7 heterocycles. The molecule has 1 unspecified atom stereocenters. The third-order valence-corrected chi connectivity index (χ3v) is 10.6. The largest absolute Gasteiger partial charge is 0.461 e. The molecule has 3 atom stereocenters. The van der Waals surface area contributed by atoms with E-state index in [1.807, 2.05) is 43.3 Å². The molecule has 0 radical (unpaired) electrons. The average molecular weight is 645 g/mol. The van der Waals surface area contributed by atoms with Gasteiger partial charge in [-0.05, 0) is 74.8 Å². The maximum Gasteiger partial charge on any atom is 0.407 e. The van der Waals surface area contributed by atoms with Crippen LogP contribution in [-0.2, 0) is 11.2 Å². The minimum atomic E-state index is -0.895. The molecular weight excluding hydrogens is 602 g/mol. The monoisotopic (exact) mass is 644 g/mol. The van der Waals surface area contributed by atoms with Crippen molar-refractivity contribution in [3.63, 3.8) is 0 Å². The zero-order chi connectivity index (χ0) is 32.2. The summed E-state index contributed by atoms with van der Waals surface area (Å²) in [5, 5.41) is 5.48. The third-order valence-electron chi connectivity index (χ3n) is 10.6. The number of nitrogens with one attached hydrogen (secondary N) is 1. The molecule has 2 aromatic heterocycles. The number of benzene rings is 2. The Bertz CT molecular complexity index is 1860. The maximum absolute atomic E-state index is 17.0. The molecule has 3 fully saturated rings. The number of alkyl halides is 1. The van der Waals surface area contributed by atoms with Crippen molar-refractivity contribution in [3.05, 3.63) is 54.0 Å². The molecule has 47 heavy (non-hydrogen) atoms. The van der Waals surface area contributed by atoms with Gasteiger partial charge in [0, 0.05) is 39.2 Å². The van der Waals surface area contributed by atoms with Gasteiger partial charge in [0.25, 0.3) is 0 Å². The summed E-state index contributed by atoms with van der Waals surface area (Å²) >= 11 is 0. The summed E-state index contributed by atoms with van der Waals surface area (Å²) in [6.07, 6.45) is 6.31. The fourth-order valence-corrected chi connectivity index (χ4v) is 8.38. The number of aromatic nitrogens is 3. The van der Waals surface area contributed by atoms with E-state index in [1.165, 1.54) is 0 Å². The van der Waals surface area contributed by atoms with Crippen LogP contribution < -0.4 is 15.0 Å². The van der Waals surface area contributed by atoms with E-state index in [-0.39, 0.29) is 31.9 Å². The summed E-state index contributed by atoms with van der Waals surface area (Å²) in [7, 11) is 0. The van der Waals surface area contributed by atoms with Gasteiger partial charge < -0.3 is 19.7 Å². The normalized spacial score (nSPS) is 26.7. The number of alkyl carbamates (subject to hydrolysis) is 1. The average Bonchev–Trinajstić information content (AvgIpc) is 3.51. The van der Waals surface area contributed by atoms with Crippen LogP contribution in [0.1, 0.15) is 58.9 Å². The summed E-state index contributed by atoms with van der Waals surface area (Å²) < 4.78 is 43.6. The minimum Gasteiger partial charge on any atom is -0.461 e. The van der Waals surface area contributed by atoms with Crippen molar-refractivity contribution in [2.24, 2.45) is 0 Å². The SMILES string of the molecule is CC12CCCCN(C1)c1nc(OC[C@@]34CCCN3C[C@H](F)C4)nc3c(F)c(ncc13)-c1cccc3cccc(c13)CCCOC(=O)N2.[HH]. The molecule has 2 aromatic carbocycles. The lowest BCUT2D eigenvalue weighted by molar-refractivity contribution is 0.107. The highest BCUT2D eigenvalue weighted by Gasteiger charge is 2.49. The Balaban J connectivity index is 0.00000364. The minimum absolute atomic E-state index is 0. The van der Waals surface area contributed by atoms with E-state index in [9.17, 15) is 9.18 Å². The van der Waals surface area contributed by atoms with Gasteiger partial charge in [-0.15, -0.1) is 0 Å². The lowest BCUT2D eigenvalue weighted by Crippen LogP contribution is -2.53. The van der Waals surface area contributed by atoms with Crippen LogP contribution in [0.4, 0.5) is 19.4 Å². The van der Waals surface area contributed by atoms with Crippen molar-refractivity contribution >= 4 is 33.6 Å². The molecule has 1 N–H and O–H groups in total. The Morgan fingerprint density at radius 3 is 2.87 bits per heavy atom. The summed E-state index contributed by atoms with van der Waals surface area (Å²) in [5.74, 6) is -0.0353. The smallest absolute Gasteiger partial charge is 0.407 e. The second kappa shape index (κ2) is 11.8. The van der Waals surface area contributed by atoms with Crippen LogP contribution in [0.3, 0.4) is 0 Å². The number of hydrogen-bond acceptors (Lipinski definition) is 8. The molecule has 5 aliphatic rings. The molecule has 6 bridgehead atoms. The first-order chi connectivity index (χ1) is 22.8. The van der Waals surface area contributed by atoms with Gasteiger partial charge in [-0.2, -0.15) is 9.97 Å². The Labute approximate surface area is 274 Å². The molecular formula is C36H42F2N6O3. The molecule has 0 spiro atoms. The quantitative estimate of drug-likeness (QED) is 0.267. The number of hydrogen-bond donors (Lipinski definition) is 1. The van der Waals surface area contributed by atoms with E-state index < -0.39 is 29.2 Å². The summed E-state index contributed by atoms with van der Waals surface area (Å²) in [6.45, 7) is 4.83. The van der Waals surface area contributed by atoms with Gasteiger partial charge in [0.15, 0.2) is 5.82 Å². The van der Waals surface area contributed by atoms with E-state index in [0.717, 1.165) is 55.0 Å². The van der Waals surface area contributed by atoms with Crippen molar-refractivity contribution < 1.29 is 24.5 Å². The van der Waals surface area contributed by atoms with E-state index in [0.29, 0.717) is 55.7 Å². The van der Waals surface area contributed by atoms with Crippen molar-refractivity contribution in [3.8, 4) is 17.3 Å². The molecule has 5 aliphatic heterocycles. The van der Waals surface area contributed by atoms with E-state index in [1.54, 1.807) is 6.20 Å². The Morgan fingerprint density at radius 2 is 1.98 bits per heavy atom. The number of carbonyl (C=O) groups excluding carboxylic acids is 1. The van der Waals surface area contributed by atoms with E-state index in [4.69, 9.17) is 19.4 Å². The van der Waals surface area contributed by atoms with Gasteiger partial charge in [0.05, 0.1) is 23.1 Å². The summed E-state index contributed by atoms with van der Waals surface area (Å²) in [4.78, 5) is 31.6. The number of ether oxygens (including phenoxy) is 2. The summed E-state index contributed by atoms with van der Waals surface area (Å²) in [5.41, 5.74) is 1.01. The van der Waals surface area contributed by atoms with Crippen LogP contribution >= 0.6 is 0 Å². The van der Waals surface area contributed by atoms with Crippen LogP contribution in [0.5, 0.6) is 6.01 Å². The van der Waals surface area contributed by atoms with E-state index >= 15 is 4.39 Å². The molecule has 0 aliphatic carbocycles. The zero-order valence-corrected chi connectivity index (χ0v) is 26.7. The first-order valence-electron chi connectivity index (χ1n) is 16.9. The van der Waals surface area contributed by atoms with Gasteiger partial charge in [-0.1, -0.05) is 36.4 Å². The van der Waals surface area contributed by atoms with Crippen LogP contribution in [0, 0.1) is 5.82 Å². The van der Waals surface area contributed by atoms with Gasteiger partial charge in [0.2, 0.25) is 0 Å². The number of fused-ring (bicyclic) bond motifs is 7. The number of halogens is 2. The lowest BCUT2D eigenvalue weighted by atomic mass is 9.94. The van der Waals surface area contributed by atoms with Gasteiger partial charge >= 0.3 is 12.1 Å². The van der Waals surface area contributed by atoms with Crippen molar-refractivity contribution in [2.45, 2.75) is 75.5 Å². The molecule has 1 amide bonds. The second-order valence-corrected chi connectivity index (χ2v) is 14.0. The molecule has 248 valence electrons. The van der Waals surface area contributed by atoms with Crippen LogP contribution in [-0.4, -0.2) is 82.6 Å². The Morgan fingerprint density at radius 1 is 1.11 bits per heavy atom. The van der Waals surface area contributed by atoms with E-state index in [2.05, 4.69) is 20.1 Å². The maximum atomic E-state index is 17.0. The van der Waals surface area contributed by atoms with Gasteiger partial charge in [-0.25, -0.2) is 13.6 Å². The fourth-order valence-electron chi connectivity index (χ4n) is 8.38. The Hall–Kier alpha value is -4.12. The number of aryl methyl sites for hydroxylation is 1. The molecule has 9 rings (SSSR count). The van der Waals surface area contributed by atoms with Crippen molar-refractivity contribution in [2.75, 3.05) is 44.3 Å². The summed E-state index contributed by atoms with van der Waals surface area (Å²) in [6, 6.07) is 11.9. The van der Waals surface area contributed by atoms with Crippen molar-refractivity contribution in [1.82, 2.24) is 25.2 Å². The Kier molecular flexibility index (Phi) is 7.62. The molecule has 9 nitrogen and oxygen atoms in total. The van der Waals surface area contributed by atoms with Crippen LogP contribution in [0.25, 0.3) is 32.9 Å². The standard InChI is InChI=1S/C36H40F2N6O3.H2/c1-35-13-2-3-15-43(21-35)32-27-19-39-30(26-12-5-10-23-8-4-9-24(28(23)26)11-6-17-46-34(45)42-35)29(38)31(27)40-33(41-32)47-22-36-14-7-16-44(36)20-25(37)18-36;/h4-5,8-10,12,19,25H,2-3,6-7,11,13-18,20-22H2,1H3,(H,42,45);1H/t25-,35?,36+;/m1./s1. The molecule has 4 aromatic rings. The second-order valence-electron chi connectivity index (χ2n) is 14.0. The van der Waals surface area contributed by atoms with Crippen LogP contribution in [0.15, 0.2) is 42.6 Å². The highest BCUT2D eigenvalue weighted by atomic mass is 19.1. The molecule has 0 saturated carbocycles. The topological polar surface area (TPSA) is 92.7 Å². The highest BCUT2D eigenvalue weighted by Crippen LogP contribution is 2.41. The third kappa shape index (κ3) is 5.52. The van der Waals surface area contributed by atoms with Gasteiger partial charge in [-0.3, -0.25) is 9.88 Å². The molecule has 3 saturated heterocycles. The number of anilines is 1. The predicted octanol–water partition coefficient (Wildman–Crippen LogP) is 6.61. The van der Waals surface area contributed by atoms with Gasteiger partial charge in [0.1, 0.15) is 29.8 Å². The number of amides is 1. The predicted molar refractivity (Wildman–Crippen MR) is 178 cm³/mol. The lowest BCUT2D eigenvalue weighted by Gasteiger charge is -2.34. The first-order valence-corrected chi connectivity index (χ1v) is 16.9. The fraction of sp³-hybridized carbons (Fsp3) is 0.500. The molecule has 11 heteroatoms. The van der Waals surface area contributed by atoms with Crippen molar-refractivity contribution in [1.29, 1.82) is 0 Å². The van der Waals surface area contributed by atoms with Crippen LogP contribution in [0.2, 0.25) is 0 Å².